The van der Waals surface area contributed by atoms with Crippen LogP contribution in [0.15, 0.2) is 36.4 Å². The summed E-state index contributed by atoms with van der Waals surface area (Å²) in [6.07, 6.45) is 3.61. The fourth-order valence-corrected chi connectivity index (χ4v) is 6.74. The van der Waals surface area contributed by atoms with Crippen LogP contribution in [0.25, 0.3) is 0 Å². The summed E-state index contributed by atoms with van der Waals surface area (Å²) in [6.45, 7) is 7.91. The highest BCUT2D eigenvalue weighted by molar-refractivity contribution is 6.35. The topological polar surface area (TPSA) is 76.8 Å². The van der Waals surface area contributed by atoms with E-state index in [-0.39, 0.29) is 6.10 Å². The molecule has 2 heterocycles. The van der Waals surface area contributed by atoms with Crippen LogP contribution >= 0.6 is 23.2 Å². The summed E-state index contributed by atoms with van der Waals surface area (Å²) in [6, 6.07) is 13.8. The first-order chi connectivity index (χ1) is 17.7. The fourth-order valence-electron chi connectivity index (χ4n) is 6.17. The van der Waals surface area contributed by atoms with Gasteiger partial charge in [-0.3, -0.25) is 4.79 Å². The second-order valence-electron chi connectivity index (χ2n) is 11.2. The number of likely N-dealkylation sites (tertiary alicyclic amines) is 1. The molecule has 6 nitrogen and oxygen atoms in total. The quantitative estimate of drug-likeness (QED) is 0.436. The number of anilines is 1. The molecule has 0 radical (unpaired) electrons. The van der Waals surface area contributed by atoms with E-state index in [1.54, 1.807) is 12.1 Å². The van der Waals surface area contributed by atoms with Crippen molar-refractivity contribution in [2.45, 2.75) is 51.7 Å². The van der Waals surface area contributed by atoms with Crippen molar-refractivity contribution in [2.75, 3.05) is 31.1 Å². The Bertz CT molecular complexity index is 1220. The van der Waals surface area contributed by atoms with Crippen LogP contribution in [0.5, 0.6) is 5.75 Å². The van der Waals surface area contributed by atoms with Gasteiger partial charge in [-0.1, -0.05) is 29.3 Å². The van der Waals surface area contributed by atoms with E-state index >= 15 is 0 Å². The number of aliphatic carboxylic acids is 1. The SMILES string of the molecule is C[C@@H](Oc1cc(N2CC([C@H]3CCCN(C4CC(C)(C(=O)O)C4)C3)C2)ccc1C#N)c1ccc(Cl)cc1Cl. The van der Waals surface area contributed by atoms with E-state index in [9.17, 15) is 15.2 Å². The molecule has 5 rings (SSSR count). The van der Waals surface area contributed by atoms with Crippen molar-refractivity contribution >= 4 is 34.9 Å². The zero-order chi connectivity index (χ0) is 26.3. The molecule has 2 aromatic carbocycles. The summed E-state index contributed by atoms with van der Waals surface area (Å²) < 4.78 is 6.21. The molecule has 1 saturated carbocycles. The number of benzene rings is 2. The summed E-state index contributed by atoms with van der Waals surface area (Å²) in [5.74, 6) is 1.16. The second-order valence-corrected chi connectivity index (χ2v) is 12.1. The molecule has 37 heavy (non-hydrogen) atoms. The lowest BCUT2D eigenvalue weighted by atomic mass is 9.65. The molecule has 2 saturated heterocycles. The summed E-state index contributed by atoms with van der Waals surface area (Å²) in [7, 11) is 0. The summed E-state index contributed by atoms with van der Waals surface area (Å²) in [5, 5.41) is 20.2. The van der Waals surface area contributed by atoms with E-state index < -0.39 is 11.4 Å². The van der Waals surface area contributed by atoms with Crippen molar-refractivity contribution in [3.8, 4) is 11.8 Å². The van der Waals surface area contributed by atoms with Crippen LogP contribution in [-0.2, 0) is 4.79 Å². The average molecular weight is 543 g/mol. The van der Waals surface area contributed by atoms with Crippen LogP contribution in [0.3, 0.4) is 0 Å². The van der Waals surface area contributed by atoms with Crippen molar-refractivity contribution in [2.24, 2.45) is 17.3 Å². The maximum atomic E-state index is 11.5. The molecule has 0 amide bonds. The molecule has 3 fully saturated rings. The zero-order valence-corrected chi connectivity index (χ0v) is 22.8. The number of piperidine rings is 1. The van der Waals surface area contributed by atoms with Crippen molar-refractivity contribution in [1.82, 2.24) is 4.90 Å². The van der Waals surface area contributed by atoms with Crippen molar-refractivity contribution in [1.29, 1.82) is 5.26 Å². The van der Waals surface area contributed by atoms with Crippen molar-refractivity contribution < 1.29 is 14.6 Å². The van der Waals surface area contributed by atoms with Gasteiger partial charge >= 0.3 is 5.97 Å². The number of carboxylic acid groups (broad SMARTS) is 1. The van der Waals surface area contributed by atoms with E-state index in [4.69, 9.17) is 27.9 Å². The molecule has 0 bridgehead atoms. The van der Waals surface area contributed by atoms with Crippen molar-refractivity contribution in [3.63, 3.8) is 0 Å². The third-order valence-electron chi connectivity index (χ3n) is 8.63. The molecule has 2 aromatic rings. The third-order valence-corrected chi connectivity index (χ3v) is 9.19. The molecule has 2 atom stereocenters. The second kappa shape index (κ2) is 10.4. The predicted octanol–water partition coefficient (Wildman–Crippen LogP) is 6.41. The molecule has 196 valence electrons. The maximum absolute atomic E-state index is 11.5. The van der Waals surface area contributed by atoms with E-state index in [0.29, 0.717) is 39.2 Å². The van der Waals surface area contributed by atoms with Gasteiger partial charge < -0.3 is 19.6 Å². The van der Waals surface area contributed by atoms with E-state index in [1.165, 1.54) is 12.8 Å². The largest absolute Gasteiger partial charge is 0.485 e. The van der Waals surface area contributed by atoms with Gasteiger partial charge in [0.2, 0.25) is 0 Å². The number of halogens is 2. The highest BCUT2D eigenvalue weighted by atomic mass is 35.5. The fraction of sp³-hybridized carbons (Fsp3) is 0.517. The number of hydrogen-bond donors (Lipinski definition) is 1. The third kappa shape index (κ3) is 5.27. The van der Waals surface area contributed by atoms with Gasteiger partial charge in [0.05, 0.1) is 11.0 Å². The van der Waals surface area contributed by atoms with Crippen LogP contribution in [0.4, 0.5) is 5.69 Å². The number of nitrogens with zero attached hydrogens (tertiary/aromatic N) is 3. The monoisotopic (exact) mass is 541 g/mol. The minimum Gasteiger partial charge on any atom is -0.485 e. The molecule has 2 aliphatic heterocycles. The lowest BCUT2D eigenvalue weighted by Gasteiger charge is -2.52. The standard InChI is InChI=1S/C29H33Cl2N3O3/c1-18(25-8-6-22(30)10-26(25)31)37-27-11-23(7-5-19(27)14-32)34-16-21(17-34)20-4-3-9-33(15-20)24-12-29(2,13-24)28(35)36/h5-8,10-11,18,20-21,24H,3-4,9,12-13,15-17H2,1-2H3,(H,35,36)/t18-,20+,24?,29?/m1/s1. The molecule has 0 aromatic heterocycles. The van der Waals surface area contributed by atoms with Crippen LogP contribution in [0, 0.1) is 28.6 Å². The Morgan fingerprint density at radius 3 is 2.59 bits per heavy atom. The first-order valence-electron chi connectivity index (χ1n) is 13.0. The lowest BCUT2D eigenvalue weighted by Crippen LogP contribution is -2.58. The molecule has 1 N–H and O–H groups in total. The minimum absolute atomic E-state index is 0.334. The smallest absolute Gasteiger partial charge is 0.309 e. The predicted molar refractivity (Wildman–Crippen MR) is 145 cm³/mol. The van der Waals surface area contributed by atoms with Crippen LogP contribution < -0.4 is 9.64 Å². The normalized spacial score (nSPS) is 27.1. The Balaban J connectivity index is 1.20. The number of rotatable bonds is 7. The molecule has 0 spiro atoms. The van der Waals surface area contributed by atoms with Gasteiger partial charge in [-0.25, -0.2) is 0 Å². The highest BCUT2D eigenvalue weighted by Crippen LogP contribution is 2.45. The zero-order valence-electron chi connectivity index (χ0n) is 21.3. The molecular weight excluding hydrogens is 509 g/mol. The molecule has 0 unspecified atom stereocenters. The summed E-state index contributed by atoms with van der Waals surface area (Å²) >= 11 is 12.4. The van der Waals surface area contributed by atoms with Gasteiger partial charge in [-0.15, -0.1) is 0 Å². The van der Waals surface area contributed by atoms with Gasteiger partial charge in [0.15, 0.2) is 0 Å². The molecule has 8 heteroatoms. The lowest BCUT2D eigenvalue weighted by molar-refractivity contribution is -0.158. The minimum atomic E-state index is -0.664. The van der Waals surface area contributed by atoms with Gasteiger partial charge in [-0.05, 0) is 82.2 Å². The Morgan fingerprint density at radius 2 is 1.92 bits per heavy atom. The van der Waals surface area contributed by atoms with Crippen molar-refractivity contribution in [3.05, 3.63) is 57.6 Å². The van der Waals surface area contributed by atoms with E-state index in [1.807, 2.05) is 38.1 Å². The molecular formula is C29H33Cl2N3O3. The summed E-state index contributed by atoms with van der Waals surface area (Å²) in [5.41, 5.74) is 1.83. The van der Waals surface area contributed by atoms with Gasteiger partial charge in [0.25, 0.3) is 0 Å². The Labute approximate surface area is 228 Å². The van der Waals surface area contributed by atoms with E-state index in [2.05, 4.69) is 15.9 Å². The first-order valence-corrected chi connectivity index (χ1v) is 13.8. The number of ether oxygens (including phenoxy) is 1. The number of carboxylic acids is 1. The number of hydrogen-bond acceptors (Lipinski definition) is 5. The number of nitriles is 1. The van der Waals surface area contributed by atoms with Gasteiger partial charge in [0, 0.05) is 53.0 Å². The summed E-state index contributed by atoms with van der Waals surface area (Å²) in [4.78, 5) is 16.4. The van der Waals surface area contributed by atoms with Crippen LogP contribution in [-0.4, -0.2) is 48.2 Å². The maximum Gasteiger partial charge on any atom is 0.309 e. The van der Waals surface area contributed by atoms with Crippen LogP contribution in [0.1, 0.15) is 56.8 Å². The Hall–Kier alpha value is -2.46. The number of carbonyl (C=O) groups is 1. The van der Waals surface area contributed by atoms with Gasteiger partial charge in [-0.2, -0.15) is 5.26 Å². The van der Waals surface area contributed by atoms with Crippen LogP contribution in [0.2, 0.25) is 10.0 Å². The molecule has 1 aliphatic carbocycles. The molecule has 3 aliphatic rings. The average Bonchev–Trinajstić information content (AvgIpc) is 2.81. The van der Waals surface area contributed by atoms with E-state index in [0.717, 1.165) is 50.3 Å². The first kappa shape index (κ1) is 26.2. The highest BCUT2D eigenvalue weighted by Gasteiger charge is 2.49. The Kier molecular flexibility index (Phi) is 7.33. The van der Waals surface area contributed by atoms with Gasteiger partial charge in [0.1, 0.15) is 17.9 Å². The Morgan fingerprint density at radius 1 is 1.16 bits per heavy atom.